The molecule has 7 nitrogen and oxygen atoms in total. The summed E-state index contributed by atoms with van der Waals surface area (Å²) in [7, 11) is 1.58. The highest BCUT2D eigenvalue weighted by Crippen LogP contribution is 2.38. The van der Waals surface area contributed by atoms with E-state index in [1.807, 2.05) is 43.0 Å². The molecule has 0 fully saturated rings. The lowest BCUT2D eigenvalue weighted by Gasteiger charge is -2.39. The molecule has 1 N–H and O–H groups in total. The fourth-order valence-electron chi connectivity index (χ4n) is 4.89. The Bertz CT molecular complexity index is 1510. The molecule has 0 aliphatic carbocycles. The number of rotatable bonds is 8. The number of hydrogen-bond donors (Lipinski definition) is 1. The molecule has 0 saturated heterocycles. The van der Waals surface area contributed by atoms with Gasteiger partial charge in [-0.1, -0.05) is 32.0 Å². The first-order chi connectivity index (χ1) is 19.3. The Kier molecular flexibility index (Phi) is 7.86. The van der Waals surface area contributed by atoms with Crippen molar-refractivity contribution in [3.05, 3.63) is 113 Å². The van der Waals surface area contributed by atoms with Crippen LogP contribution in [0.1, 0.15) is 52.9 Å². The zero-order valence-electron chi connectivity index (χ0n) is 22.6. The van der Waals surface area contributed by atoms with Gasteiger partial charge in [0.2, 0.25) is 5.91 Å². The summed E-state index contributed by atoms with van der Waals surface area (Å²) in [6.07, 6.45) is 0.699. The first-order valence-corrected chi connectivity index (χ1v) is 13.2. The quantitative estimate of drug-likeness (QED) is 0.279. The van der Waals surface area contributed by atoms with Gasteiger partial charge in [-0.3, -0.25) is 9.59 Å². The number of carbonyl (C=O) groups is 2. The van der Waals surface area contributed by atoms with Crippen LogP contribution in [-0.2, 0) is 17.8 Å². The van der Waals surface area contributed by atoms with Crippen LogP contribution in [0.15, 0.2) is 83.3 Å². The third kappa shape index (κ3) is 5.86. The second-order valence-electron chi connectivity index (χ2n) is 9.99. The van der Waals surface area contributed by atoms with E-state index in [9.17, 15) is 14.0 Å². The molecule has 0 unspecified atom stereocenters. The number of furan rings is 1. The van der Waals surface area contributed by atoms with Crippen LogP contribution >= 0.6 is 0 Å². The number of halogens is 1. The van der Waals surface area contributed by atoms with Crippen molar-refractivity contribution < 1.29 is 27.9 Å². The molecule has 1 aliphatic rings. The third-order valence-electron chi connectivity index (χ3n) is 6.90. The summed E-state index contributed by atoms with van der Waals surface area (Å²) >= 11 is 0. The molecule has 8 heteroatoms. The van der Waals surface area contributed by atoms with Crippen LogP contribution in [0.5, 0.6) is 11.5 Å². The summed E-state index contributed by atoms with van der Waals surface area (Å²) in [5.74, 6) is 1.02. The van der Waals surface area contributed by atoms with E-state index in [2.05, 4.69) is 5.32 Å². The summed E-state index contributed by atoms with van der Waals surface area (Å²) < 4.78 is 31.1. The van der Waals surface area contributed by atoms with E-state index in [4.69, 9.17) is 13.9 Å². The fourth-order valence-corrected chi connectivity index (χ4v) is 4.89. The van der Waals surface area contributed by atoms with Gasteiger partial charge in [-0.05, 0) is 83.8 Å². The Morgan fingerprint density at radius 1 is 1.02 bits per heavy atom. The van der Waals surface area contributed by atoms with Crippen LogP contribution in [0, 0.1) is 11.7 Å². The Balaban J connectivity index is 1.32. The zero-order chi connectivity index (χ0) is 28.2. The molecule has 0 saturated carbocycles. The number of hydrogen-bond acceptors (Lipinski definition) is 5. The third-order valence-corrected chi connectivity index (χ3v) is 6.90. The normalized spacial score (nSPS) is 14.5. The molecule has 3 aromatic carbocycles. The van der Waals surface area contributed by atoms with Crippen molar-refractivity contribution in [1.29, 1.82) is 0 Å². The van der Waals surface area contributed by atoms with E-state index in [1.165, 1.54) is 12.1 Å². The van der Waals surface area contributed by atoms with Crippen LogP contribution in [0.3, 0.4) is 0 Å². The minimum atomic E-state index is -0.422. The second kappa shape index (κ2) is 11.7. The maximum Gasteiger partial charge on any atom is 0.291 e. The van der Waals surface area contributed by atoms with Gasteiger partial charge in [0.1, 0.15) is 29.7 Å². The average Bonchev–Trinajstić information content (AvgIpc) is 3.44. The fraction of sp³-hybridized carbons (Fsp3) is 0.250. The van der Waals surface area contributed by atoms with Crippen LogP contribution in [0.2, 0.25) is 0 Å². The van der Waals surface area contributed by atoms with E-state index < -0.39 is 6.04 Å². The van der Waals surface area contributed by atoms with E-state index >= 15 is 0 Å². The second-order valence-corrected chi connectivity index (χ2v) is 9.99. The summed E-state index contributed by atoms with van der Waals surface area (Å²) in [5.41, 5.74) is 3.32. The lowest BCUT2D eigenvalue weighted by molar-refractivity contribution is -0.136. The van der Waals surface area contributed by atoms with E-state index in [0.29, 0.717) is 41.5 Å². The van der Waals surface area contributed by atoms with E-state index in [1.54, 1.807) is 49.6 Å². The first kappa shape index (κ1) is 27.0. The lowest BCUT2D eigenvalue weighted by atomic mass is 9.87. The van der Waals surface area contributed by atoms with Crippen molar-refractivity contribution in [2.75, 3.05) is 19.0 Å². The Hall–Kier alpha value is -4.59. The smallest absolute Gasteiger partial charge is 0.291 e. The molecule has 206 valence electrons. The van der Waals surface area contributed by atoms with Gasteiger partial charge >= 0.3 is 0 Å². The number of fused-ring (bicyclic) bond motifs is 1. The van der Waals surface area contributed by atoms with Crippen molar-refractivity contribution >= 4 is 17.5 Å². The molecule has 0 radical (unpaired) electrons. The van der Waals surface area contributed by atoms with Crippen LogP contribution in [0.4, 0.5) is 10.1 Å². The Morgan fingerprint density at radius 2 is 1.80 bits per heavy atom. The first-order valence-electron chi connectivity index (χ1n) is 13.2. The van der Waals surface area contributed by atoms with Gasteiger partial charge < -0.3 is 24.1 Å². The van der Waals surface area contributed by atoms with Gasteiger partial charge in [0.05, 0.1) is 13.2 Å². The molecule has 5 rings (SSSR count). The molecule has 1 aromatic heterocycles. The molecule has 0 spiro atoms. The molecule has 2 amide bonds. The minimum absolute atomic E-state index is 0.0160. The van der Waals surface area contributed by atoms with Crippen LogP contribution in [-0.4, -0.2) is 30.4 Å². The SMILES string of the molecule is COc1ccc(NC(=O)c2ccc(COc3ccc4c(c3)[C@@H](c3cccc(F)c3)N(C(=O)C(C)C)CC4)o2)cc1. The highest BCUT2D eigenvalue weighted by molar-refractivity contribution is 6.02. The molecule has 1 atom stereocenters. The largest absolute Gasteiger partial charge is 0.497 e. The van der Waals surface area contributed by atoms with Gasteiger partial charge in [-0.15, -0.1) is 0 Å². The monoisotopic (exact) mass is 542 g/mol. The molecule has 2 heterocycles. The maximum absolute atomic E-state index is 14.2. The molecular weight excluding hydrogens is 511 g/mol. The Labute approximate surface area is 232 Å². The van der Waals surface area contributed by atoms with Crippen LogP contribution in [0.25, 0.3) is 0 Å². The Morgan fingerprint density at radius 3 is 2.52 bits per heavy atom. The minimum Gasteiger partial charge on any atom is -0.497 e. The maximum atomic E-state index is 14.2. The van der Waals surface area contributed by atoms with Crippen molar-refractivity contribution in [3.63, 3.8) is 0 Å². The van der Waals surface area contributed by atoms with Gasteiger partial charge in [-0.2, -0.15) is 0 Å². The van der Waals surface area contributed by atoms with E-state index in [-0.39, 0.29) is 35.9 Å². The average molecular weight is 543 g/mol. The van der Waals surface area contributed by atoms with Gasteiger partial charge in [0.15, 0.2) is 5.76 Å². The molecular formula is C32H31FN2O5. The van der Waals surface area contributed by atoms with Crippen molar-refractivity contribution in [2.45, 2.75) is 32.9 Å². The van der Waals surface area contributed by atoms with Gasteiger partial charge in [0.25, 0.3) is 5.91 Å². The summed E-state index contributed by atoms with van der Waals surface area (Å²) in [6, 6.07) is 22.0. The summed E-state index contributed by atoms with van der Waals surface area (Å²) in [6.45, 7) is 4.40. The predicted molar refractivity (Wildman–Crippen MR) is 149 cm³/mol. The molecule has 4 aromatic rings. The number of nitrogens with zero attached hydrogens (tertiary/aromatic N) is 1. The van der Waals surface area contributed by atoms with Crippen molar-refractivity contribution in [2.24, 2.45) is 5.92 Å². The summed E-state index contributed by atoms with van der Waals surface area (Å²) in [5, 5.41) is 2.79. The topological polar surface area (TPSA) is 81.0 Å². The zero-order valence-corrected chi connectivity index (χ0v) is 22.6. The number of benzene rings is 3. The number of amides is 2. The predicted octanol–water partition coefficient (Wildman–Crippen LogP) is 6.39. The molecule has 40 heavy (non-hydrogen) atoms. The number of anilines is 1. The van der Waals surface area contributed by atoms with Gasteiger partial charge in [-0.25, -0.2) is 4.39 Å². The standard InChI is InChI=1S/C32H31FN2O5/c1-20(2)32(37)35-16-15-21-7-10-26(18-28(21)30(35)22-5-4-6-23(33)17-22)39-19-27-13-14-29(40-27)31(36)34-24-8-11-25(38-3)12-9-24/h4-14,17-18,20,30H,15-16,19H2,1-3H3,(H,34,36)/t30-/m1/s1. The highest BCUT2D eigenvalue weighted by atomic mass is 19.1. The number of carbonyl (C=O) groups excluding carboxylic acids is 2. The number of methoxy groups -OCH3 is 1. The number of ether oxygens (including phenoxy) is 2. The number of nitrogens with one attached hydrogen (secondary N) is 1. The highest BCUT2D eigenvalue weighted by Gasteiger charge is 2.33. The van der Waals surface area contributed by atoms with Crippen LogP contribution < -0.4 is 14.8 Å². The molecule has 1 aliphatic heterocycles. The van der Waals surface area contributed by atoms with Crippen molar-refractivity contribution in [1.82, 2.24) is 4.90 Å². The summed E-state index contributed by atoms with van der Waals surface area (Å²) in [4.78, 5) is 27.6. The van der Waals surface area contributed by atoms with E-state index in [0.717, 1.165) is 11.1 Å². The van der Waals surface area contributed by atoms with Gasteiger partial charge in [0, 0.05) is 18.2 Å². The lowest BCUT2D eigenvalue weighted by Crippen LogP contribution is -2.42. The molecule has 0 bridgehead atoms. The van der Waals surface area contributed by atoms with Crippen molar-refractivity contribution in [3.8, 4) is 11.5 Å².